The number of ether oxygens (including phenoxy) is 1. The number of benzene rings is 1. The second kappa shape index (κ2) is 7.33. The molecule has 1 aromatic rings. The summed E-state index contributed by atoms with van der Waals surface area (Å²) in [7, 11) is 0. The van der Waals surface area contributed by atoms with E-state index in [1.807, 2.05) is 0 Å². The van der Waals surface area contributed by atoms with Crippen molar-refractivity contribution in [1.29, 1.82) is 0 Å². The van der Waals surface area contributed by atoms with Gasteiger partial charge in [-0.15, -0.1) is 11.6 Å². The summed E-state index contributed by atoms with van der Waals surface area (Å²) in [5, 5.41) is 0. The molecule has 1 unspecified atom stereocenters. The second-order valence-corrected chi connectivity index (χ2v) is 6.09. The van der Waals surface area contributed by atoms with Gasteiger partial charge in [-0.05, 0) is 31.4 Å². The van der Waals surface area contributed by atoms with Crippen molar-refractivity contribution in [2.45, 2.75) is 52.2 Å². The molecular formula is C17H26ClNO. The van der Waals surface area contributed by atoms with Crippen LogP contribution in [0.1, 0.15) is 37.8 Å². The minimum Gasteiger partial charge on any atom is -0.488 e. The topological polar surface area (TPSA) is 12.5 Å². The fraction of sp³-hybridized carbons (Fsp3) is 0.647. The van der Waals surface area contributed by atoms with Crippen LogP contribution in [0.5, 0.6) is 5.75 Å². The first-order valence-corrected chi connectivity index (χ1v) is 8.27. The molecule has 1 aliphatic heterocycles. The van der Waals surface area contributed by atoms with Crippen LogP contribution in [0, 0.1) is 6.92 Å². The van der Waals surface area contributed by atoms with E-state index in [4.69, 9.17) is 16.3 Å². The Bertz CT molecular complexity index is 431. The first-order chi connectivity index (χ1) is 9.67. The molecule has 0 spiro atoms. The zero-order chi connectivity index (χ0) is 14.5. The van der Waals surface area contributed by atoms with E-state index in [9.17, 15) is 0 Å². The Hall–Kier alpha value is -0.730. The minimum atomic E-state index is 0.274. The molecule has 0 aliphatic carbocycles. The highest BCUT2D eigenvalue weighted by Crippen LogP contribution is 2.30. The van der Waals surface area contributed by atoms with Gasteiger partial charge in [0.1, 0.15) is 11.9 Å². The van der Waals surface area contributed by atoms with Gasteiger partial charge in [-0.2, -0.15) is 0 Å². The van der Waals surface area contributed by atoms with E-state index < -0.39 is 0 Å². The van der Waals surface area contributed by atoms with Crippen LogP contribution in [0.2, 0.25) is 0 Å². The summed E-state index contributed by atoms with van der Waals surface area (Å²) in [4.78, 5) is 2.50. The molecule has 1 aliphatic rings. The molecule has 0 amide bonds. The van der Waals surface area contributed by atoms with Crippen molar-refractivity contribution in [1.82, 2.24) is 4.90 Å². The van der Waals surface area contributed by atoms with Crippen LogP contribution in [0.15, 0.2) is 18.2 Å². The molecule has 0 N–H and O–H groups in total. The SMILES string of the molecule is CCC(CC)N(CCCl)CC1Cc2cc(C)ccc2O1. The zero-order valence-electron chi connectivity index (χ0n) is 12.9. The van der Waals surface area contributed by atoms with Crippen molar-refractivity contribution < 1.29 is 4.74 Å². The van der Waals surface area contributed by atoms with Gasteiger partial charge in [0.15, 0.2) is 0 Å². The summed E-state index contributed by atoms with van der Waals surface area (Å²) in [5.74, 6) is 1.76. The largest absolute Gasteiger partial charge is 0.488 e. The average Bonchev–Trinajstić information content (AvgIpc) is 2.81. The molecule has 0 aromatic heterocycles. The molecule has 2 rings (SSSR count). The summed E-state index contributed by atoms with van der Waals surface area (Å²) >= 11 is 5.97. The van der Waals surface area contributed by atoms with Crippen LogP contribution in [-0.4, -0.2) is 36.0 Å². The highest BCUT2D eigenvalue weighted by Gasteiger charge is 2.26. The van der Waals surface area contributed by atoms with Gasteiger partial charge >= 0.3 is 0 Å². The van der Waals surface area contributed by atoms with Gasteiger partial charge in [0.05, 0.1) is 0 Å². The maximum atomic E-state index is 6.09. The van der Waals surface area contributed by atoms with Crippen molar-refractivity contribution in [3.05, 3.63) is 29.3 Å². The smallest absolute Gasteiger partial charge is 0.123 e. The molecule has 20 heavy (non-hydrogen) atoms. The second-order valence-electron chi connectivity index (χ2n) is 5.71. The number of halogens is 1. The van der Waals surface area contributed by atoms with E-state index in [0.29, 0.717) is 11.9 Å². The van der Waals surface area contributed by atoms with Crippen molar-refractivity contribution in [3.8, 4) is 5.75 Å². The first kappa shape index (κ1) is 15.7. The quantitative estimate of drug-likeness (QED) is 0.704. The van der Waals surface area contributed by atoms with Gasteiger partial charge in [0.2, 0.25) is 0 Å². The monoisotopic (exact) mass is 295 g/mol. The lowest BCUT2D eigenvalue weighted by molar-refractivity contribution is 0.117. The Balaban J connectivity index is 1.99. The number of alkyl halides is 1. The van der Waals surface area contributed by atoms with Gasteiger partial charge in [-0.25, -0.2) is 0 Å². The number of nitrogens with zero attached hydrogens (tertiary/aromatic N) is 1. The molecule has 3 heteroatoms. The number of hydrogen-bond donors (Lipinski definition) is 0. The Kier molecular flexibility index (Phi) is 5.74. The van der Waals surface area contributed by atoms with Crippen molar-refractivity contribution in [2.24, 2.45) is 0 Å². The van der Waals surface area contributed by atoms with Gasteiger partial charge in [0, 0.05) is 31.4 Å². The van der Waals surface area contributed by atoms with E-state index >= 15 is 0 Å². The average molecular weight is 296 g/mol. The lowest BCUT2D eigenvalue weighted by Gasteiger charge is -2.31. The number of hydrogen-bond acceptors (Lipinski definition) is 2. The summed E-state index contributed by atoms with van der Waals surface area (Å²) < 4.78 is 6.09. The molecule has 0 saturated heterocycles. The highest BCUT2D eigenvalue weighted by atomic mass is 35.5. The van der Waals surface area contributed by atoms with E-state index in [2.05, 4.69) is 43.9 Å². The third-order valence-corrected chi connectivity index (χ3v) is 4.40. The van der Waals surface area contributed by atoms with Gasteiger partial charge in [0.25, 0.3) is 0 Å². The van der Waals surface area contributed by atoms with Crippen LogP contribution in [0.25, 0.3) is 0 Å². The van der Waals surface area contributed by atoms with Crippen LogP contribution in [0.3, 0.4) is 0 Å². The van der Waals surface area contributed by atoms with Crippen molar-refractivity contribution in [3.63, 3.8) is 0 Å². The normalized spacial score (nSPS) is 17.6. The third-order valence-electron chi connectivity index (χ3n) is 4.23. The lowest BCUT2D eigenvalue weighted by Crippen LogP contribution is -2.42. The summed E-state index contributed by atoms with van der Waals surface area (Å²) in [6.45, 7) is 8.57. The van der Waals surface area contributed by atoms with Crippen LogP contribution >= 0.6 is 11.6 Å². The molecule has 112 valence electrons. The Morgan fingerprint density at radius 2 is 2.10 bits per heavy atom. The third kappa shape index (κ3) is 3.67. The maximum absolute atomic E-state index is 6.09. The van der Waals surface area contributed by atoms with Gasteiger partial charge in [-0.3, -0.25) is 4.90 Å². The first-order valence-electron chi connectivity index (χ1n) is 7.74. The van der Waals surface area contributed by atoms with Gasteiger partial charge < -0.3 is 4.74 Å². The number of aryl methyl sites for hydroxylation is 1. The highest BCUT2D eigenvalue weighted by molar-refractivity contribution is 6.18. The molecule has 0 radical (unpaired) electrons. The molecule has 2 nitrogen and oxygen atoms in total. The van der Waals surface area contributed by atoms with Crippen molar-refractivity contribution >= 4 is 11.6 Å². The Labute approximate surface area is 128 Å². The fourth-order valence-electron chi connectivity index (χ4n) is 3.15. The summed E-state index contributed by atoms with van der Waals surface area (Å²) in [6, 6.07) is 7.09. The molecule has 1 atom stereocenters. The molecule has 1 heterocycles. The Morgan fingerprint density at radius 1 is 1.35 bits per heavy atom. The predicted molar refractivity (Wildman–Crippen MR) is 86.0 cm³/mol. The summed E-state index contributed by atoms with van der Waals surface area (Å²) in [6.07, 6.45) is 3.64. The van der Waals surface area contributed by atoms with Crippen LogP contribution in [0.4, 0.5) is 0 Å². The van der Waals surface area contributed by atoms with E-state index in [1.54, 1.807) is 0 Å². The number of fused-ring (bicyclic) bond motifs is 1. The molecule has 1 aromatic carbocycles. The van der Waals surface area contributed by atoms with Crippen LogP contribution in [-0.2, 0) is 6.42 Å². The standard InChI is InChI=1S/C17H26ClNO/c1-4-15(5-2)19(9-8-18)12-16-11-14-10-13(3)6-7-17(14)20-16/h6-7,10,15-16H,4-5,8-9,11-12H2,1-3H3. The number of rotatable bonds is 7. The maximum Gasteiger partial charge on any atom is 0.123 e. The van der Waals surface area contributed by atoms with E-state index in [1.165, 1.54) is 24.0 Å². The molecule has 0 saturated carbocycles. The zero-order valence-corrected chi connectivity index (χ0v) is 13.6. The summed E-state index contributed by atoms with van der Waals surface area (Å²) in [5.41, 5.74) is 2.66. The predicted octanol–water partition coefficient (Wildman–Crippen LogP) is 4.03. The van der Waals surface area contributed by atoms with Gasteiger partial charge in [-0.1, -0.05) is 31.5 Å². The molecular weight excluding hydrogens is 270 g/mol. The minimum absolute atomic E-state index is 0.274. The fourth-order valence-corrected chi connectivity index (χ4v) is 3.37. The van der Waals surface area contributed by atoms with Crippen LogP contribution < -0.4 is 4.74 Å². The molecule has 0 bridgehead atoms. The van der Waals surface area contributed by atoms with E-state index in [0.717, 1.165) is 25.3 Å². The molecule has 0 fully saturated rings. The lowest BCUT2D eigenvalue weighted by atomic mass is 10.1. The van der Waals surface area contributed by atoms with E-state index in [-0.39, 0.29) is 6.10 Å². The van der Waals surface area contributed by atoms with Crippen molar-refractivity contribution in [2.75, 3.05) is 19.0 Å². The Morgan fingerprint density at radius 3 is 2.75 bits per heavy atom.